The number of hydrogen-bond donors (Lipinski definition) is 0. The van der Waals surface area contributed by atoms with Crippen LogP contribution in [0.25, 0.3) is 0 Å². The highest BCUT2D eigenvalue weighted by Gasteiger charge is 2.53. The first-order valence-electron chi connectivity index (χ1n) is 14.5. The van der Waals surface area contributed by atoms with Gasteiger partial charge < -0.3 is 23.7 Å². The highest BCUT2D eigenvalue weighted by Crippen LogP contribution is 2.47. The van der Waals surface area contributed by atoms with Gasteiger partial charge in [-0.15, -0.1) is 0 Å². The molecule has 2 aliphatic rings. The summed E-state index contributed by atoms with van der Waals surface area (Å²) in [6, 6.07) is 12.8. The highest BCUT2D eigenvalue weighted by atomic mass is 16.7. The molecule has 9 nitrogen and oxygen atoms in total. The number of rotatable bonds is 10. The fourth-order valence-corrected chi connectivity index (χ4v) is 5.57. The zero-order valence-electron chi connectivity index (χ0n) is 25.1. The number of esters is 4. The van der Waals surface area contributed by atoms with Gasteiger partial charge in [-0.2, -0.15) is 0 Å². The summed E-state index contributed by atoms with van der Waals surface area (Å²) in [5, 5.41) is 0. The third kappa shape index (κ3) is 7.76. The van der Waals surface area contributed by atoms with Crippen LogP contribution in [0.1, 0.15) is 92.9 Å². The largest absolute Gasteiger partial charge is 0.463 e. The van der Waals surface area contributed by atoms with E-state index in [-0.39, 0.29) is 6.61 Å². The fourth-order valence-electron chi connectivity index (χ4n) is 5.57. The van der Waals surface area contributed by atoms with Crippen LogP contribution in [0, 0.1) is 6.92 Å². The number of benzene rings is 2. The first-order chi connectivity index (χ1) is 20.0. The number of carbonyl (C=O) groups excluding carboxylic acids is 4. The van der Waals surface area contributed by atoms with Crippen LogP contribution in [0.2, 0.25) is 0 Å². The van der Waals surface area contributed by atoms with Gasteiger partial charge in [-0.1, -0.05) is 43.3 Å². The van der Waals surface area contributed by atoms with Crippen LogP contribution in [0.4, 0.5) is 0 Å². The molecule has 0 aromatic heterocycles. The zero-order valence-corrected chi connectivity index (χ0v) is 25.1. The third-order valence-corrected chi connectivity index (χ3v) is 7.68. The molecule has 1 saturated heterocycles. The molecule has 2 aromatic rings. The molecule has 1 unspecified atom stereocenters. The molecule has 1 aliphatic carbocycles. The molecule has 1 aliphatic heterocycles. The van der Waals surface area contributed by atoms with Crippen molar-refractivity contribution in [3.8, 4) is 0 Å². The molecule has 2 fully saturated rings. The van der Waals surface area contributed by atoms with Crippen molar-refractivity contribution in [2.24, 2.45) is 0 Å². The van der Waals surface area contributed by atoms with Crippen LogP contribution in [-0.4, -0.2) is 54.9 Å². The summed E-state index contributed by atoms with van der Waals surface area (Å²) in [6.45, 7) is 8.91. The predicted molar refractivity (Wildman–Crippen MR) is 153 cm³/mol. The molecule has 5 atom stereocenters. The van der Waals surface area contributed by atoms with Gasteiger partial charge in [0.2, 0.25) is 0 Å². The molecule has 4 rings (SSSR count). The lowest BCUT2D eigenvalue weighted by molar-refractivity contribution is -0.254. The van der Waals surface area contributed by atoms with Crippen LogP contribution in [0.5, 0.6) is 0 Å². The topological polar surface area (TPSA) is 114 Å². The average molecular weight is 581 g/mol. The van der Waals surface area contributed by atoms with Gasteiger partial charge in [-0.3, -0.25) is 19.2 Å². The SMILES string of the molecule is CCc1ccc(Cc2cc([C@@H]3OC(COC(C)=O)[C@@H](OC(C)=O)[C@H](OC(C)=O)[C@H]3OC(C)=O)c(C3CC3)cc2C)cc1. The summed E-state index contributed by atoms with van der Waals surface area (Å²) in [4.78, 5) is 48.6. The normalized spacial score (nSPS) is 23.5. The Kier molecular flexibility index (Phi) is 10.0. The third-order valence-electron chi connectivity index (χ3n) is 7.68. The van der Waals surface area contributed by atoms with Gasteiger partial charge in [-0.25, -0.2) is 0 Å². The molecule has 42 heavy (non-hydrogen) atoms. The maximum absolute atomic E-state index is 12.4. The van der Waals surface area contributed by atoms with Crippen LogP contribution in [0.3, 0.4) is 0 Å². The molecular weight excluding hydrogens is 540 g/mol. The zero-order chi connectivity index (χ0) is 30.6. The summed E-state index contributed by atoms with van der Waals surface area (Å²) in [5.74, 6) is -2.15. The standard InChI is InChI=1S/C33H40O9/c1-7-23-8-10-24(11-9-23)15-26-16-28(27(14-18(26)2)25-12-13-25)30-32(40-21(5)36)33(41-22(6)37)31(39-20(4)35)29(42-30)17-38-19(3)34/h8-11,14,16,25,29-33H,7,12-13,15,17H2,1-6H3/t29?,30-,31+,32-,33-/m0/s1. The van der Waals surface area contributed by atoms with E-state index in [0.29, 0.717) is 12.3 Å². The molecular formula is C33H40O9. The van der Waals surface area contributed by atoms with E-state index in [2.05, 4.69) is 50.2 Å². The number of carbonyl (C=O) groups is 4. The highest BCUT2D eigenvalue weighted by molar-refractivity contribution is 5.69. The Morgan fingerprint density at radius 2 is 1.33 bits per heavy atom. The van der Waals surface area contributed by atoms with Gasteiger partial charge in [0, 0.05) is 27.7 Å². The first kappa shape index (κ1) is 31.2. The summed E-state index contributed by atoms with van der Waals surface area (Å²) in [6.07, 6.45) is -1.72. The van der Waals surface area contributed by atoms with E-state index >= 15 is 0 Å². The number of hydrogen-bond acceptors (Lipinski definition) is 9. The van der Waals surface area contributed by atoms with E-state index in [4.69, 9.17) is 23.7 Å². The predicted octanol–water partition coefficient (Wildman–Crippen LogP) is 4.82. The van der Waals surface area contributed by atoms with E-state index in [1.807, 2.05) is 0 Å². The molecule has 0 radical (unpaired) electrons. The molecule has 0 amide bonds. The van der Waals surface area contributed by atoms with Crippen molar-refractivity contribution < 1.29 is 42.9 Å². The van der Waals surface area contributed by atoms with Crippen molar-refractivity contribution in [1.82, 2.24) is 0 Å². The molecule has 0 spiro atoms. The Morgan fingerprint density at radius 1 is 0.762 bits per heavy atom. The van der Waals surface area contributed by atoms with Crippen LogP contribution in [-0.2, 0) is 55.7 Å². The summed E-state index contributed by atoms with van der Waals surface area (Å²) in [5.41, 5.74) is 6.50. The average Bonchev–Trinajstić information content (AvgIpc) is 3.76. The first-order valence-corrected chi connectivity index (χ1v) is 14.5. The van der Waals surface area contributed by atoms with Gasteiger partial charge in [-0.05, 0) is 71.9 Å². The molecule has 1 heterocycles. The molecule has 0 N–H and O–H groups in total. The van der Waals surface area contributed by atoms with Crippen molar-refractivity contribution in [3.63, 3.8) is 0 Å². The minimum Gasteiger partial charge on any atom is -0.463 e. The van der Waals surface area contributed by atoms with Gasteiger partial charge in [0.25, 0.3) is 0 Å². The lowest BCUT2D eigenvalue weighted by Crippen LogP contribution is -2.59. The van der Waals surface area contributed by atoms with E-state index < -0.39 is 54.4 Å². The lowest BCUT2D eigenvalue weighted by atomic mass is 9.84. The van der Waals surface area contributed by atoms with Crippen molar-refractivity contribution in [3.05, 3.63) is 69.8 Å². The fraction of sp³-hybridized carbons (Fsp3) is 0.515. The van der Waals surface area contributed by atoms with Crippen molar-refractivity contribution >= 4 is 23.9 Å². The number of aryl methyl sites for hydroxylation is 2. The van der Waals surface area contributed by atoms with Gasteiger partial charge in [0.05, 0.1) is 0 Å². The second kappa shape index (κ2) is 13.5. The van der Waals surface area contributed by atoms with Gasteiger partial charge >= 0.3 is 23.9 Å². The molecule has 9 heteroatoms. The Labute approximate surface area is 246 Å². The van der Waals surface area contributed by atoms with Crippen LogP contribution >= 0.6 is 0 Å². The Morgan fingerprint density at radius 3 is 1.88 bits per heavy atom. The molecule has 0 bridgehead atoms. The minimum atomic E-state index is -1.20. The smallest absolute Gasteiger partial charge is 0.303 e. The minimum absolute atomic E-state index is 0.254. The number of ether oxygens (including phenoxy) is 5. The van der Waals surface area contributed by atoms with E-state index in [0.717, 1.165) is 47.1 Å². The van der Waals surface area contributed by atoms with E-state index in [1.165, 1.54) is 33.3 Å². The van der Waals surface area contributed by atoms with Crippen molar-refractivity contribution in [2.45, 2.75) is 104 Å². The maximum Gasteiger partial charge on any atom is 0.303 e. The quantitative estimate of drug-likeness (QED) is 0.288. The molecule has 1 saturated carbocycles. The monoisotopic (exact) mass is 580 g/mol. The second-order valence-corrected chi connectivity index (χ2v) is 11.1. The summed E-state index contributed by atoms with van der Waals surface area (Å²) in [7, 11) is 0. The van der Waals surface area contributed by atoms with Crippen molar-refractivity contribution in [1.29, 1.82) is 0 Å². The summed E-state index contributed by atoms with van der Waals surface area (Å²) >= 11 is 0. The Bertz CT molecular complexity index is 1310. The van der Waals surface area contributed by atoms with Crippen molar-refractivity contribution in [2.75, 3.05) is 6.61 Å². The van der Waals surface area contributed by atoms with Gasteiger partial charge in [0.1, 0.15) is 18.8 Å². The Balaban J connectivity index is 1.82. The lowest BCUT2D eigenvalue weighted by Gasteiger charge is -2.45. The molecule has 2 aromatic carbocycles. The van der Waals surface area contributed by atoms with E-state index in [1.54, 1.807) is 0 Å². The van der Waals surface area contributed by atoms with Crippen LogP contribution < -0.4 is 0 Å². The summed E-state index contributed by atoms with van der Waals surface area (Å²) < 4.78 is 28.8. The maximum atomic E-state index is 12.4. The van der Waals surface area contributed by atoms with Crippen LogP contribution in [0.15, 0.2) is 36.4 Å². The van der Waals surface area contributed by atoms with E-state index in [9.17, 15) is 19.2 Å². The second-order valence-electron chi connectivity index (χ2n) is 11.1. The molecule has 226 valence electrons. The Hall–Kier alpha value is -3.72. The van der Waals surface area contributed by atoms with Gasteiger partial charge in [0.15, 0.2) is 18.3 Å².